The largest absolute Gasteiger partial charge is 0.310 e. The minimum Gasteiger partial charge on any atom is -0.310 e. The summed E-state index contributed by atoms with van der Waals surface area (Å²) < 4.78 is 0. The van der Waals surface area contributed by atoms with E-state index in [9.17, 15) is 0 Å². The van der Waals surface area contributed by atoms with E-state index in [-0.39, 0.29) is 0 Å². The molecule has 1 aliphatic rings. The molecule has 1 aliphatic carbocycles. The van der Waals surface area contributed by atoms with E-state index in [1.165, 1.54) is 66.5 Å². The Morgan fingerprint density at radius 3 is 1.83 bits per heavy atom. The standard InChI is InChI=1S/C46H37N/c1-4-16-34-26-27-38(30-33(34)3)47(37-21-12-7-13-22-37)44-31-43-45(40-24-15-14-23-39(40)44)41-28-25-32(2)29-42(41)46(43,35-17-8-5-9-18-35)36-19-10-6-11-20-36/h4-15,17-31H,1,16H2,2-3H3. The first-order valence-electron chi connectivity index (χ1n) is 16.5. The van der Waals surface area contributed by atoms with Crippen LogP contribution in [0.15, 0.2) is 170 Å². The minimum absolute atomic E-state index is 0.496. The molecule has 0 aliphatic heterocycles. The summed E-state index contributed by atoms with van der Waals surface area (Å²) in [5, 5.41) is 2.49. The van der Waals surface area contributed by atoms with Crippen LogP contribution >= 0.6 is 0 Å². The number of aryl methyl sites for hydroxylation is 2. The van der Waals surface area contributed by atoms with Gasteiger partial charge < -0.3 is 4.90 Å². The van der Waals surface area contributed by atoms with Crippen molar-refractivity contribution in [2.24, 2.45) is 0 Å². The molecular formula is C46H37N. The van der Waals surface area contributed by atoms with Crippen molar-refractivity contribution < 1.29 is 0 Å². The fraction of sp³-hybridized carbons (Fsp3) is 0.0870. The number of benzene rings is 7. The average molecular weight is 604 g/mol. The van der Waals surface area contributed by atoms with Gasteiger partial charge >= 0.3 is 0 Å². The van der Waals surface area contributed by atoms with Crippen molar-refractivity contribution in [2.45, 2.75) is 25.7 Å². The normalized spacial score (nSPS) is 12.8. The Labute approximate surface area is 278 Å². The second kappa shape index (κ2) is 11.6. The third kappa shape index (κ3) is 4.54. The lowest BCUT2D eigenvalue weighted by atomic mass is 9.67. The van der Waals surface area contributed by atoms with Gasteiger partial charge in [-0.3, -0.25) is 0 Å². The molecule has 226 valence electrons. The van der Waals surface area contributed by atoms with E-state index in [2.05, 4.69) is 183 Å². The summed E-state index contributed by atoms with van der Waals surface area (Å²) in [5.41, 5.74) is 14.6. The molecule has 7 aromatic carbocycles. The van der Waals surface area contributed by atoms with Gasteiger partial charge in [0, 0.05) is 16.8 Å². The summed E-state index contributed by atoms with van der Waals surface area (Å²) in [6, 6.07) is 58.3. The predicted molar refractivity (Wildman–Crippen MR) is 199 cm³/mol. The second-order valence-electron chi connectivity index (χ2n) is 12.7. The maximum atomic E-state index is 3.99. The highest BCUT2D eigenvalue weighted by atomic mass is 15.1. The van der Waals surface area contributed by atoms with Crippen LogP contribution in [-0.4, -0.2) is 0 Å². The molecule has 0 amide bonds. The Balaban J connectivity index is 1.53. The molecule has 0 saturated heterocycles. The maximum absolute atomic E-state index is 3.99. The molecule has 1 heteroatoms. The van der Waals surface area contributed by atoms with Crippen LogP contribution in [0, 0.1) is 13.8 Å². The van der Waals surface area contributed by atoms with Gasteiger partial charge in [-0.15, -0.1) is 6.58 Å². The second-order valence-corrected chi connectivity index (χ2v) is 12.7. The van der Waals surface area contributed by atoms with Crippen molar-refractivity contribution in [1.82, 2.24) is 0 Å². The topological polar surface area (TPSA) is 3.24 Å². The molecular weight excluding hydrogens is 567 g/mol. The monoisotopic (exact) mass is 603 g/mol. The molecule has 0 spiro atoms. The number of rotatable bonds is 7. The van der Waals surface area contributed by atoms with E-state index in [1.807, 2.05) is 6.08 Å². The summed E-state index contributed by atoms with van der Waals surface area (Å²) in [5.74, 6) is 0. The van der Waals surface area contributed by atoms with Crippen LogP contribution in [-0.2, 0) is 11.8 Å². The van der Waals surface area contributed by atoms with E-state index in [0.29, 0.717) is 0 Å². The van der Waals surface area contributed by atoms with Crippen molar-refractivity contribution in [3.63, 3.8) is 0 Å². The van der Waals surface area contributed by atoms with Gasteiger partial charge in [0.1, 0.15) is 0 Å². The number of allylic oxidation sites excluding steroid dienone is 1. The fourth-order valence-corrected chi connectivity index (χ4v) is 7.83. The lowest BCUT2D eigenvalue weighted by Gasteiger charge is -2.35. The summed E-state index contributed by atoms with van der Waals surface area (Å²) >= 11 is 0. The van der Waals surface area contributed by atoms with Gasteiger partial charge in [-0.05, 0) is 100 Å². The molecule has 0 aromatic heterocycles. The van der Waals surface area contributed by atoms with Crippen LogP contribution in [0.1, 0.15) is 38.9 Å². The maximum Gasteiger partial charge on any atom is 0.0714 e. The number of nitrogens with zero attached hydrogens (tertiary/aromatic N) is 1. The molecule has 0 N–H and O–H groups in total. The lowest BCUT2D eigenvalue weighted by Crippen LogP contribution is -2.29. The van der Waals surface area contributed by atoms with Gasteiger partial charge in [-0.1, -0.05) is 139 Å². The molecule has 0 atom stereocenters. The van der Waals surface area contributed by atoms with Crippen LogP contribution in [0.4, 0.5) is 17.1 Å². The molecule has 0 heterocycles. The first-order valence-corrected chi connectivity index (χ1v) is 16.5. The molecule has 8 rings (SSSR count). The van der Waals surface area contributed by atoms with Crippen LogP contribution in [0.25, 0.3) is 21.9 Å². The summed E-state index contributed by atoms with van der Waals surface area (Å²) in [7, 11) is 0. The summed E-state index contributed by atoms with van der Waals surface area (Å²) in [6.45, 7) is 8.41. The Kier molecular flexibility index (Phi) is 7.11. The molecule has 0 unspecified atom stereocenters. The molecule has 47 heavy (non-hydrogen) atoms. The van der Waals surface area contributed by atoms with E-state index in [4.69, 9.17) is 0 Å². The van der Waals surface area contributed by atoms with Crippen LogP contribution in [0.2, 0.25) is 0 Å². The van der Waals surface area contributed by atoms with Crippen molar-refractivity contribution >= 4 is 27.8 Å². The van der Waals surface area contributed by atoms with Crippen molar-refractivity contribution in [3.8, 4) is 11.1 Å². The highest BCUT2D eigenvalue weighted by Gasteiger charge is 2.47. The number of hydrogen-bond acceptors (Lipinski definition) is 1. The van der Waals surface area contributed by atoms with Gasteiger partial charge in [0.25, 0.3) is 0 Å². The van der Waals surface area contributed by atoms with Gasteiger partial charge in [0.05, 0.1) is 11.1 Å². The minimum atomic E-state index is -0.496. The van der Waals surface area contributed by atoms with Gasteiger partial charge in [-0.25, -0.2) is 0 Å². The van der Waals surface area contributed by atoms with Crippen molar-refractivity contribution in [3.05, 3.63) is 209 Å². The zero-order valence-electron chi connectivity index (χ0n) is 26.9. The van der Waals surface area contributed by atoms with Crippen LogP contribution in [0.3, 0.4) is 0 Å². The SMILES string of the molecule is C=CCc1ccc(N(c2ccccc2)c2cc3c(c4ccccc24)-c2ccc(C)cc2C3(c2ccccc2)c2ccccc2)cc1C. The fourth-order valence-electron chi connectivity index (χ4n) is 7.83. The average Bonchev–Trinajstić information content (AvgIpc) is 3.41. The van der Waals surface area contributed by atoms with Crippen molar-refractivity contribution in [2.75, 3.05) is 4.90 Å². The van der Waals surface area contributed by atoms with Crippen molar-refractivity contribution in [1.29, 1.82) is 0 Å². The zero-order chi connectivity index (χ0) is 32.0. The van der Waals surface area contributed by atoms with E-state index >= 15 is 0 Å². The molecule has 0 bridgehead atoms. The Morgan fingerprint density at radius 1 is 0.574 bits per heavy atom. The molecule has 7 aromatic rings. The molecule has 0 fully saturated rings. The third-order valence-electron chi connectivity index (χ3n) is 9.89. The lowest BCUT2D eigenvalue weighted by molar-refractivity contribution is 0.768. The van der Waals surface area contributed by atoms with Crippen LogP contribution in [0.5, 0.6) is 0 Å². The molecule has 1 nitrogen and oxygen atoms in total. The predicted octanol–water partition coefficient (Wildman–Crippen LogP) is 12.0. The highest BCUT2D eigenvalue weighted by molar-refractivity contribution is 6.11. The number of anilines is 3. The van der Waals surface area contributed by atoms with E-state index in [0.717, 1.165) is 17.8 Å². The first-order chi connectivity index (χ1) is 23.1. The van der Waals surface area contributed by atoms with Gasteiger partial charge in [0.2, 0.25) is 0 Å². The quantitative estimate of drug-likeness (QED) is 0.164. The smallest absolute Gasteiger partial charge is 0.0714 e. The Hall–Kier alpha value is -5.66. The van der Waals surface area contributed by atoms with Gasteiger partial charge in [0.15, 0.2) is 0 Å². The third-order valence-corrected chi connectivity index (χ3v) is 9.89. The van der Waals surface area contributed by atoms with Gasteiger partial charge in [-0.2, -0.15) is 0 Å². The highest BCUT2D eigenvalue weighted by Crippen LogP contribution is 2.59. The number of fused-ring (bicyclic) bond motifs is 5. The summed E-state index contributed by atoms with van der Waals surface area (Å²) in [6.07, 6.45) is 2.84. The Morgan fingerprint density at radius 2 is 1.19 bits per heavy atom. The van der Waals surface area contributed by atoms with E-state index in [1.54, 1.807) is 0 Å². The first kappa shape index (κ1) is 28.8. The number of hydrogen-bond donors (Lipinski definition) is 0. The van der Waals surface area contributed by atoms with Crippen LogP contribution < -0.4 is 4.90 Å². The molecule has 0 radical (unpaired) electrons. The Bertz CT molecular complexity index is 2210. The summed E-state index contributed by atoms with van der Waals surface area (Å²) in [4.78, 5) is 2.45. The zero-order valence-corrected chi connectivity index (χ0v) is 26.9. The number of para-hydroxylation sites is 1. The van der Waals surface area contributed by atoms with E-state index < -0.39 is 5.41 Å². The molecule has 0 saturated carbocycles.